The van der Waals surface area contributed by atoms with Crippen molar-refractivity contribution in [1.82, 2.24) is 14.7 Å². The number of carbonyl (C=O) groups is 3. The van der Waals surface area contributed by atoms with Crippen LogP contribution >= 0.6 is 35.1 Å². The third kappa shape index (κ3) is 9.57. The molecule has 4 aromatic carbocycles. The number of aromatic nitrogens is 2. The Kier molecular flexibility index (Phi) is 12.0. The number of anilines is 3. The normalized spacial score (nSPS) is 11.8. The van der Waals surface area contributed by atoms with Gasteiger partial charge in [-0.05, 0) is 71.5 Å². The topological polar surface area (TPSA) is 116 Å². The minimum Gasteiger partial charge on any atom is -0.378 e. The number of thioether (sulfide) groups is 2. The van der Waals surface area contributed by atoms with Crippen molar-refractivity contribution in [3.63, 3.8) is 0 Å². The Morgan fingerprint density at radius 3 is 2.17 bits per heavy atom. The molecule has 1 aromatic heterocycles. The van der Waals surface area contributed by atoms with Crippen LogP contribution in [0.5, 0.6) is 0 Å². The van der Waals surface area contributed by atoms with Gasteiger partial charge < -0.3 is 15.5 Å². The van der Waals surface area contributed by atoms with E-state index in [0.717, 1.165) is 39.0 Å². The van der Waals surface area contributed by atoms with Gasteiger partial charge in [-0.15, -0.1) is 11.8 Å². The van der Waals surface area contributed by atoms with E-state index in [0.29, 0.717) is 21.5 Å². The first-order chi connectivity index (χ1) is 23.3. The number of amides is 3. The summed E-state index contributed by atoms with van der Waals surface area (Å²) < 4.78 is 4.29. The van der Waals surface area contributed by atoms with Gasteiger partial charge in [0.15, 0.2) is 0 Å². The zero-order chi connectivity index (χ0) is 33.9. The van der Waals surface area contributed by atoms with Gasteiger partial charge in [0.05, 0.1) is 0 Å². The van der Waals surface area contributed by atoms with E-state index in [4.69, 9.17) is 0 Å². The molecule has 3 N–H and O–H groups in total. The second-order valence-electron chi connectivity index (χ2n) is 10.6. The van der Waals surface area contributed by atoms with E-state index in [1.165, 1.54) is 23.5 Å². The molecule has 1 heterocycles. The van der Waals surface area contributed by atoms with Gasteiger partial charge in [-0.1, -0.05) is 79.3 Å². The van der Waals surface area contributed by atoms with Gasteiger partial charge in [-0.25, -0.2) is 0 Å². The molecule has 244 valence electrons. The van der Waals surface area contributed by atoms with Crippen molar-refractivity contribution in [3.8, 4) is 0 Å². The Balaban J connectivity index is 1.32. The van der Waals surface area contributed by atoms with E-state index in [1.54, 1.807) is 42.5 Å². The lowest BCUT2D eigenvalue weighted by Gasteiger charge is -2.16. The van der Waals surface area contributed by atoms with Crippen LogP contribution in [0.1, 0.15) is 33.7 Å². The van der Waals surface area contributed by atoms with Crippen LogP contribution in [0.15, 0.2) is 125 Å². The Morgan fingerprint density at radius 2 is 1.52 bits per heavy atom. The van der Waals surface area contributed by atoms with Crippen LogP contribution in [-0.2, 0) is 9.59 Å². The Bertz CT molecular complexity index is 1860. The van der Waals surface area contributed by atoms with Crippen molar-refractivity contribution >= 4 is 75.4 Å². The maximum atomic E-state index is 13.5. The summed E-state index contributed by atoms with van der Waals surface area (Å²) in [6, 6.07) is 33.1. The van der Waals surface area contributed by atoms with Crippen LogP contribution in [0.2, 0.25) is 0 Å². The quantitative estimate of drug-likeness (QED) is 0.0853. The molecule has 0 radical (unpaired) electrons. The lowest BCUT2D eigenvalue weighted by atomic mass is 10.1. The average molecular weight is 695 g/mol. The summed E-state index contributed by atoms with van der Waals surface area (Å²) in [7, 11) is 3.90. The molecule has 0 saturated carbocycles. The first kappa shape index (κ1) is 34.4. The molecule has 0 bridgehead atoms. The molecule has 5 rings (SSSR count). The summed E-state index contributed by atoms with van der Waals surface area (Å²) in [4.78, 5) is 47.2. The van der Waals surface area contributed by atoms with Crippen molar-refractivity contribution in [2.75, 3.05) is 35.4 Å². The molecule has 0 spiro atoms. The second-order valence-corrected chi connectivity index (χ2v) is 13.7. The molecular formula is C36H34N6O3S3. The van der Waals surface area contributed by atoms with E-state index in [1.807, 2.05) is 98.7 Å². The van der Waals surface area contributed by atoms with E-state index in [9.17, 15) is 14.4 Å². The van der Waals surface area contributed by atoms with E-state index < -0.39 is 17.1 Å². The maximum Gasteiger partial charge on any atom is 0.272 e. The third-order valence-electron chi connectivity index (χ3n) is 6.87. The van der Waals surface area contributed by atoms with Crippen LogP contribution in [0.4, 0.5) is 16.5 Å². The molecule has 3 amide bonds. The molecular weight excluding hydrogens is 661 g/mol. The van der Waals surface area contributed by atoms with Gasteiger partial charge in [0.25, 0.3) is 11.8 Å². The van der Waals surface area contributed by atoms with Crippen molar-refractivity contribution in [2.24, 2.45) is 0 Å². The Morgan fingerprint density at radius 1 is 0.854 bits per heavy atom. The molecule has 0 aliphatic carbocycles. The van der Waals surface area contributed by atoms with Gasteiger partial charge in [-0.2, -0.15) is 9.36 Å². The molecule has 5 aromatic rings. The number of hydrogen-bond donors (Lipinski definition) is 3. The summed E-state index contributed by atoms with van der Waals surface area (Å²) in [6.07, 6.45) is 1.64. The number of rotatable bonds is 13. The molecule has 0 aliphatic rings. The van der Waals surface area contributed by atoms with Crippen LogP contribution in [0.25, 0.3) is 6.08 Å². The molecule has 0 aliphatic heterocycles. The van der Waals surface area contributed by atoms with Crippen LogP contribution in [0.3, 0.4) is 0 Å². The number of nitrogens with zero attached hydrogens (tertiary/aromatic N) is 3. The van der Waals surface area contributed by atoms with Gasteiger partial charge in [0.2, 0.25) is 16.2 Å². The maximum absolute atomic E-state index is 13.5. The highest BCUT2D eigenvalue weighted by molar-refractivity contribution is 8.00. The molecule has 0 fully saturated rings. The SMILES string of the molecule is CCSc1nsc(NC(=O)C(Sc2ccc(NC(=O)/C(=C/c3ccc(N(C)C)cc3)NC(=O)c3ccccc3)cc2)c2ccccc2)n1. The predicted molar refractivity (Wildman–Crippen MR) is 198 cm³/mol. The van der Waals surface area contributed by atoms with Crippen molar-refractivity contribution < 1.29 is 14.4 Å². The smallest absolute Gasteiger partial charge is 0.272 e. The number of carbonyl (C=O) groups excluding carboxylic acids is 3. The van der Waals surface area contributed by atoms with Crippen LogP contribution in [-0.4, -0.2) is 46.9 Å². The van der Waals surface area contributed by atoms with Crippen molar-refractivity contribution in [3.05, 3.63) is 132 Å². The fraction of sp³-hybridized carbons (Fsp3) is 0.139. The molecule has 48 heavy (non-hydrogen) atoms. The summed E-state index contributed by atoms with van der Waals surface area (Å²) in [5.41, 5.74) is 3.67. The van der Waals surface area contributed by atoms with E-state index in [-0.39, 0.29) is 11.6 Å². The van der Waals surface area contributed by atoms with Crippen molar-refractivity contribution in [1.29, 1.82) is 0 Å². The van der Waals surface area contributed by atoms with Gasteiger partial charge >= 0.3 is 0 Å². The lowest BCUT2D eigenvalue weighted by Crippen LogP contribution is -2.30. The Labute approximate surface area is 292 Å². The zero-order valence-corrected chi connectivity index (χ0v) is 29.0. The lowest BCUT2D eigenvalue weighted by molar-refractivity contribution is -0.116. The molecule has 9 nitrogen and oxygen atoms in total. The number of hydrogen-bond acceptors (Lipinski definition) is 9. The third-order valence-corrected chi connectivity index (χ3v) is 9.61. The van der Waals surface area contributed by atoms with Crippen LogP contribution in [0, 0.1) is 0 Å². The monoisotopic (exact) mass is 694 g/mol. The fourth-order valence-corrected chi connectivity index (χ4v) is 6.75. The highest BCUT2D eigenvalue weighted by Gasteiger charge is 2.24. The largest absolute Gasteiger partial charge is 0.378 e. The minimum atomic E-state index is -0.556. The molecule has 1 unspecified atom stereocenters. The molecule has 12 heteroatoms. The summed E-state index contributed by atoms with van der Waals surface area (Å²) >= 11 is 4.06. The van der Waals surface area contributed by atoms with Crippen LogP contribution < -0.4 is 20.9 Å². The minimum absolute atomic E-state index is 0.0953. The van der Waals surface area contributed by atoms with Gasteiger partial charge in [-0.3, -0.25) is 19.7 Å². The molecule has 1 atom stereocenters. The first-order valence-corrected chi connectivity index (χ1v) is 17.7. The van der Waals surface area contributed by atoms with Crippen molar-refractivity contribution in [2.45, 2.75) is 22.2 Å². The highest BCUT2D eigenvalue weighted by atomic mass is 32.2. The number of benzene rings is 4. The summed E-state index contributed by atoms with van der Waals surface area (Å²) in [5, 5.41) is 9.12. The molecule has 0 saturated heterocycles. The average Bonchev–Trinajstić information content (AvgIpc) is 3.55. The van der Waals surface area contributed by atoms with Gasteiger partial charge in [0.1, 0.15) is 10.9 Å². The van der Waals surface area contributed by atoms with E-state index in [2.05, 4.69) is 25.3 Å². The van der Waals surface area contributed by atoms with Gasteiger partial charge in [0, 0.05) is 47.5 Å². The first-order valence-electron chi connectivity index (χ1n) is 15.0. The predicted octanol–water partition coefficient (Wildman–Crippen LogP) is 7.60. The summed E-state index contributed by atoms with van der Waals surface area (Å²) in [5.74, 6) is -0.243. The standard InChI is InChI=1S/C36H34N6O3S3/c1-4-46-36-40-35(48-41-36)39-34(45)31(25-11-7-5-8-12-25)47-29-21-17-27(18-22-29)37-33(44)30(38-32(43)26-13-9-6-10-14-26)23-24-15-19-28(20-16-24)42(2)3/h5-23,31H,4H2,1-3H3,(H,37,44)(H,38,43)(H,39,40,41,45)/b30-23-. The van der Waals surface area contributed by atoms with E-state index >= 15 is 0 Å². The number of nitrogens with one attached hydrogen (secondary N) is 3. The second kappa shape index (κ2) is 16.8. The fourth-order valence-electron chi connectivity index (χ4n) is 4.45. The Hall–Kier alpha value is -4.91. The summed E-state index contributed by atoms with van der Waals surface area (Å²) in [6.45, 7) is 2.02. The highest BCUT2D eigenvalue weighted by Crippen LogP contribution is 2.37. The zero-order valence-electron chi connectivity index (χ0n) is 26.5.